The molecule has 0 aliphatic carbocycles. The molecular formula is C7H12N2O. The van der Waals surface area contributed by atoms with Crippen LogP contribution < -0.4 is 0 Å². The molecule has 1 rings (SSSR count). The molecule has 0 aromatic heterocycles. The number of hydrogen-bond acceptors (Lipinski definition) is 1. The van der Waals surface area contributed by atoms with E-state index in [0.717, 1.165) is 0 Å². The molecule has 10 heavy (non-hydrogen) atoms. The van der Waals surface area contributed by atoms with Gasteiger partial charge < -0.3 is 9.80 Å². The van der Waals surface area contributed by atoms with Crippen LogP contribution in [0.5, 0.6) is 0 Å². The minimum Gasteiger partial charge on any atom is -0.321 e. The number of hydrogen-bond donors (Lipinski definition) is 0. The van der Waals surface area contributed by atoms with Crippen molar-refractivity contribution in [3.05, 3.63) is 12.3 Å². The number of likely N-dealkylation sites (N-methyl/N-ethyl adjacent to an activating group) is 1. The maximum Gasteiger partial charge on any atom is 0.323 e. The Hall–Kier alpha value is -0.990. The first-order valence-electron chi connectivity index (χ1n) is 3.31. The van der Waals surface area contributed by atoms with Crippen LogP contribution in [-0.2, 0) is 0 Å². The molecule has 2 amide bonds. The summed E-state index contributed by atoms with van der Waals surface area (Å²) in [6.45, 7) is 1.99. The summed E-state index contributed by atoms with van der Waals surface area (Å²) in [5.74, 6) is 0. The lowest BCUT2D eigenvalue weighted by atomic mass is 10.2. The van der Waals surface area contributed by atoms with Gasteiger partial charge in [-0.3, -0.25) is 0 Å². The molecule has 0 fully saturated rings. The van der Waals surface area contributed by atoms with Gasteiger partial charge in [0.1, 0.15) is 0 Å². The van der Waals surface area contributed by atoms with Crippen LogP contribution in [-0.4, -0.2) is 36.0 Å². The van der Waals surface area contributed by atoms with Gasteiger partial charge in [0.15, 0.2) is 0 Å². The molecule has 1 atom stereocenters. The zero-order chi connectivity index (χ0) is 7.72. The Morgan fingerprint density at radius 1 is 1.50 bits per heavy atom. The fourth-order valence-corrected chi connectivity index (χ4v) is 0.870. The van der Waals surface area contributed by atoms with Gasteiger partial charge in [0, 0.05) is 20.3 Å². The van der Waals surface area contributed by atoms with E-state index in [0.29, 0.717) is 0 Å². The van der Waals surface area contributed by atoms with E-state index in [2.05, 4.69) is 0 Å². The summed E-state index contributed by atoms with van der Waals surface area (Å²) >= 11 is 0. The first-order chi connectivity index (χ1) is 4.63. The van der Waals surface area contributed by atoms with Gasteiger partial charge in [-0.05, 0) is 13.0 Å². The van der Waals surface area contributed by atoms with E-state index in [-0.39, 0.29) is 12.1 Å². The zero-order valence-electron chi connectivity index (χ0n) is 6.53. The molecule has 0 saturated carbocycles. The highest BCUT2D eigenvalue weighted by atomic mass is 16.2. The molecule has 3 nitrogen and oxygen atoms in total. The van der Waals surface area contributed by atoms with E-state index in [1.807, 2.05) is 13.0 Å². The lowest BCUT2D eigenvalue weighted by Gasteiger charge is -2.30. The van der Waals surface area contributed by atoms with Crippen molar-refractivity contribution < 1.29 is 4.79 Å². The largest absolute Gasteiger partial charge is 0.323 e. The average molecular weight is 140 g/mol. The predicted molar refractivity (Wildman–Crippen MR) is 39.5 cm³/mol. The molecule has 1 heterocycles. The smallest absolute Gasteiger partial charge is 0.321 e. The van der Waals surface area contributed by atoms with E-state index >= 15 is 0 Å². The van der Waals surface area contributed by atoms with Crippen LogP contribution >= 0.6 is 0 Å². The highest BCUT2D eigenvalue weighted by Crippen LogP contribution is 2.07. The Labute approximate surface area is 60.9 Å². The van der Waals surface area contributed by atoms with Crippen molar-refractivity contribution in [2.45, 2.75) is 13.0 Å². The van der Waals surface area contributed by atoms with E-state index in [4.69, 9.17) is 0 Å². The van der Waals surface area contributed by atoms with Gasteiger partial charge in [-0.2, -0.15) is 0 Å². The van der Waals surface area contributed by atoms with E-state index in [9.17, 15) is 4.79 Å². The summed E-state index contributed by atoms with van der Waals surface area (Å²) in [5.41, 5.74) is 0. The van der Waals surface area contributed by atoms with Crippen LogP contribution in [0, 0.1) is 0 Å². The maximum absolute atomic E-state index is 11.1. The topological polar surface area (TPSA) is 23.6 Å². The van der Waals surface area contributed by atoms with Gasteiger partial charge in [0.2, 0.25) is 0 Å². The second-order valence-corrected chi connectivity index (χ2v) is 2.59. The highest BCUT2D eigenvalue weighted by Gasteiger charge is 2.19. The molecule has 56 valence electrons. The molecule has 1 aliphatic heterocycles. The quantitative estimate of drug-likeness (QED) is 0.490. The second-order valence-electron chi connectivity index (χ2n) is 2.59. The Balaban J connectivity index is 2.79. The minimum atomic E-state index is 0.0509. The van der Waals surface area contributed by atoms with Gasteiger partial charge in [-0.25, -0.2) is 4.79 Å². The molecule has 0 spiro atoms. The van der Waals surface area contributed by atoms with Crippen molar-refractivity contribution in [2.75, 3.05) is 14.1 Å². The summed E-state index contributed by atoms with van der Waals surface area (Å²) in [4.78, 5) is 14.4. The van der Waals surface area contributed by atoms with Crippen molar-refractivity contribution in [1.82, 2.24) is 9.80 Å². The summed E-state index contributed by atoms with van der Waals surface area (Å²) in [6.07, 6.45) is 3.79. The van der Waals surface area contributed by atoms with Crippen LogP contribution in [0.3, 0.4) is 0 Å². The SMILES string of the molecule is CC1C=CN(C)C(=O)N1C. The molecule has 0 aromatic carbocycles. The highest BCUT2D eigenvalue weighted by molar-refractivity contribution is 5.76. The van der Waals surface area contributed by atoms with Crippen LogP contribution in [0.2, 0.25) is 0 Å². The van der Waals surface area contributed by atoms with E-state index in [1.165, 1.54) is 0 Å². The number of rotatable bonds is 0. The van der Waals surface area contributed by atoms with Gasteiger partial charge >= 0.3 is 6.03 Å². The third-order valence-electron chi connectivity index (χ3n) is 1.80. The van der Waals surface area contributed by atoms with Gasteiger partial charge in [0.25, 0.3) is 0 Å². The first kappa shape index (κ1) is 7.12. The predicted octanol–water partition coefficient (Wildman–Crippen LogP) is 0.886. The van der Waals surface area contributed by atoms with Gasteiger partial charge in [0.05, 0.1) is 6.04 Å². The molecule has 1 aliphatic rings. The monoisotopic (exact) mass is 140 g/mol. The fraction of sp³-hybridized carbons (Fsp3) is 0.571. The summed E-state index contributed by atoms with van der Waals surface area (Å²) in [7, 11) is 3.55. The number of carbonyl (C=O) groups is 1. The normalized spacial score (nSPS) is 25.9. The summed E-state index contributed by atoms with van der Waals surface area (Å²) in [5, 5.41) is 0. The second kappa shape index (κ2) is 2.33. The van der Waals surface area contributed by atoms with Crippen molar-refractivity contribution in [1.29, 1.82) is 0 Å². The third-order valence-corrected chi connectivity index (χ3v) is 1.80. The maximum atomic E-state index is 11.1. The molecule has 0 N–H and O–H groups in total. The minimum absolute atomic E-state index is 0.0509. The first-order valence-corrected chi connectivity index (χ1v) is 3.31. The Morgan fingerprint density at radius 3 is 2.60 bits per heavy atom. The molecular weight excluding hydrogens is 128 g/mol. The third kappa shape index (κ3) is 0.988. The zero-order valence-corrected chi connectivity index (χ0v) is 6.53. The standard InChI is InChI=1S/C7H12N2O/c1-6-4-5-8(2)7(10)9(6)3/h4-6H,1-3H3. The molecule has 0 bridgehead atoms. The fourth-order valence-electron chi connectivity index (χ4n) is 0.870. The Morgan fingerprint density at radius 2 is 2.10 bits per heavy atom. The Bertz CT molecular complexity index is 176. The summed E-state index contributed by atoms with van der Waals surface area (Å²) in [6, 6.07) is 0.277. The molecule has 0 saturated heterocycles. The van der Waals surface area contributed by atoms with Crippen LogP contribution in [0.25, 0.3) is 0 Å². The Kier molecular flexibility index (Phi) is 1.66. The molecule has 1 unspecified atom stereocenters. The number of amides is 2. The molecule has 3 heteroatoms. The van der Waals surface area contributed by atoms with Crippen LogP contribution in [0.15, 0.2) is 12.3 Å². The number of nitrogens with zero attached hydrogens (tertiary/aromatic N) is 2. The van der Waals surface area contributed by atoms with E-state index < -0.39 is 0 Å². The van der Waals surface area contributed by atoms with Crippen molar-refractivity contribution >= 4 is 6.03 Å². The number of urea groups is 1. The summed E-state index contributed by atoms with van der Waals surface area (Å²) < 4.78 is 0. The van der Waals surface area contributed by atoms with Crippen LogP contribution in [0.1, 0.15) is 6.92 Å². The van der Waals surface area contributed by atoms with Gasteiger partial charge in [-0.1, -0.05) is 0 Å². The molecule has 0 radical (unpaired) electrons. The van der Waals surface area contributed by atoms with Crippen LogP contribution in [0.4, 0.5) is 4.79 Å². The average Bonchev–Trinajstić information content (AvgIpc) is 1.93. The van der Waals surface area contributed by atoms with Crippen molar-refractivity contribution in [2.24, 2.45) is 0 Å². The van der Waals surface area contributed by atoms with Crippen molar-refractivity contribution in [3.8, 4) is 0 Å². The van der Waals surface area contributed by atoms with Crippen molar-refractivity contribution in [3.63, 3.8) is 0 Å². The lowest BCUT2D eigenvalue weighted by Crippen LogP contribution is -2.43. The lowest BCUT2D eigenvalue weighted by molar-refractivity contribution is 0.174. The number of carbonyl (C=O) groups excluding carboxylic acids is 1. The molecule has 0 aromatic rings. The van der Waals surface area contributed by atoms with E-state index in [1.54, 1.807) is 30.1 Å². The van der Waals surface area contributed by atoms with Gasteiger partial charge in [-0.15, -0.1) is 0 Å².